The third-order valence-electron chi connectivity index (χ3n) is 2.65. The Balaban J connectivity index is 2.89. The summed E-state index contributed by atoms with van der Waals surface area (Å²) in [7, 11) is 0. The molecule has 0 atom stereocenters. The SMILES string of the molecule is C/C=C\C1=C(C)CCCN1C(C)C. The summed E-state index contributed by atoms with van der Waals surface area (Å²) in [6.45, 7) is 10.1. The summed E-state index contributed by atoms with van der Waals surface area (Å²) >= 11 is 0. The van der Waals surface area contributed by atoms with Crippen molar-refractivity contribution in [3.8, 4) is 0 Å². The van der Waals surface area contributed by atoms with Gasteiger partial charge in [-0.25, -0.2) is 0 Å². The first kappa shape index (κ1) is 10.4. The second-order valence-electron chi connectivity index (χ2n) is 4.06. The molecule has 1 aliphatic rings. The van der Waals surface area contributed by atoms with Gasteiger partial charge >= 0.3 is 0 Å². The molecule has 0 saturated heterocycles. The summed E-state index contributed by atoms with van der Waals surface area (Å²) in [5.74, 6) is 0. The molecule has 0 aliphatic carbocycles. The molecule has 0 bridgehead atoms. The zero-order valence-electron chi connectivity index (χ0n) is 9.30. The first-order chi connectivity index (χ1) is 6.16. The predicted octanol–water partition coefficient (Wildman–Crippen LogP) is 3.34. The number of rotatable bonds is 2. The first-order valence-electron chi connectivity index (χ1n) is 5.26. The van der Waals surface area contributed by atoms with Gasteiger partial charge in [-0.1, -0.05) is 6.08 Å². The molecule has 13 heavy (non-hydrogen) atoms. The van der Waals surface area contributed by atoms with Gasteiger partial charge in [-0.2, -0.15) is 0 Å². The van der Waals surface area contributed by atoms with Crippen LogP contribution < -0.4 is 0 Å². The van der Waals surface area contributed by atoms with Crippen LogP contribution in [-0.4, -0.2) is 17.5 Å². The van der Waals surface area contributed by atoms with Gasteiger partial charge in [0.1, 0.15) is 0 Å². The smallest absolute Gasteiger partial charge is 0.0354 e. The topological polar surface area (TPSA) is 3.24 Å². The lowest BCUT2D eigenvalue weighted by Gasteiger charge is -2.35. The van der Waals surface area contributed by atoms with E-state index in [0.717, 1.165) is 0 Å². The van der Waals surface area contributed by atoms with Crippen molar-refractivity contribution in [2.45, 2.75) is 46.6 Å². The van der Waals surface area contributed by atoms with Crippen molar-refractivity contribution >= 4 is 0 Å². The Morgan fingerprint density at radius 3 is 2.62 bits per heavy atom. The van der Waals surface area contributed by atoms with Crippen LogP contribution in [0.25, 0.3) is 0 Å². The van der Waals surface area contributed by atoms with Crippen LogP contribution >= 0.6 is 0 Å². The molecule has 0 unspecified atom stereocenters. The standard InChI is InChI=1S/C12H21N/c1-5-7-12-11(4)8-6-9-13(12)10(2)3/h5,7,10H,6,8-9H2,1-4H3/b7-5-. The maximum atomic E-state index is 2.50. The van der Waals surface area contributed by atoms with Gasteiger partial charge in [-0.15, -0.1) is 0 Å². The van der Waals surface area contributed by atoms with E-state index in [2.05, 4.69) is 44.7 Å². The molecular weight excluding hydrogens is 158 g/mol. The highest BCUT2D eigenvalue weighted by molar-refractivity contribution is 5.25. The molecule has 1 aliphatic heterocycles. The molecule has 1 rings (SSSR count). The average molecular weight is 179 g/mol. The van der Waals surface area contributed by atoms with Crippen molar-refractivity contribution in [1.82, 2.24) is 4.90 Å². The van der Waals surface area contributed by atoms with Crippen molar-refractivity contribution < 1.29 is 0 Å². The number of hydrogen-bond acceptors (Lipinski definition) is 1. The minimum absolute atomic E-state index is 0.626. The molecule has 0 radical (unpaired) electrons. The molecule has 0 aromatic heterocycles. The Morgan fingerprint density at radius 1 is 1.38 bits per heavy atom. The Bertz CT molecular complexity index is 223. The molecule has 0 aromatic carbocycles. The van der Waals surface area contributed by atoms with Gasteiger partial charge in [-0.05, 0) is 52.2 Å². The van der Waals surface area contributed by atoms with Crippen molar-refractivity contribution in [1.29, 1.82) is 0 Å². The zero-order valence-corrected chi connectivity index (χ0v) is 9.30. The van der Waals surface area contributed by atoms with Gasteiger partial charge in [0.2, 0.25) is 0 Å². The van der Waals surface area contributed by atoms with E-state index in [-0.39, 0.29) is 0 Å². The highest BCUT2D eigenvalue weighted by Gasteiger charge is 2.17. The van der Waals surface area contributed by atoms with Gasteiger partial charge in [0.05, 0.1) is 0 Å². The molecule has 0 amide bonds. The third-order valence-corrected chi connectivity index (χ3v) is 2.65. The summed E-state index contributed by atoms with van der Waals surface area (Å²) in [5, 5.41) is 0. The number of nitrogens with zero attached hydrogens (tertiary/aromatic N) is 1. The fourth-order valence-electron chi connectivity index (χ4n) is 1.94. The normalized spacial score (nSPS) is 19.3. The van der Waals surface area contributed by atoms with Gasteiger partial charge in [0, 0.05) is 18.3 Å². The van der Waals surface area contributed by atoms with Crippen molar-refractivity contribution in [2.75, 3.05) is 6.54 Å². The van der Waals surface area contributed by atoms with Crippen LogP contribution in [0.15, 0.2) is 23.4 Å². The molecule has 0 fully saturated rings. The van der Waals surface area contributed by atoms with E-state index in [1.54, 1.807) is 0 Å². The van der Waals surface area contributed by atoms with Crippen LogP contribution in [0.3, 0.4) is 0 Å². The van der Waals surface area contributed by atoms with Crippen LogP contribution in [0, 0.1) is 0 Å². The number of hydrogen-bond donors (Lipinski definition) is 0. The fourth-order valence-corrected chi connectivity index (χ4v) is 1.94. The van der Waals surface area contributed by atoms with Crippen LogP contribution in [0.4, 0.5) is 0 Å². The minimum atomic E-state index is 0.626. The van der Waals surface area contributed by atoms with Crippen molar-refractivity contribution in [3.05, 3.63) is 23.4 Å². The van der Waals surface area contributed by atoms with Gasteiger partial charge in [0.15, 0.2) is 0 Å². The molecule has 0 N–H and O–H groups in total. The lowest BCUT2D eigenvalue weighted by Crippen LogP contribution is -2.33. The second-order valence-corrected chi connectivity index (χ2v) is 4.06. The van der Waals surface area contributed by atoms with E-state index in [0.29, 0.717) is 6.04 Å². The van der Waals surface area contributed by atoms with Crippen LogP contribution in [0.1, 0.15) is 40.5 Å². The van der Waals surface area contributed by atoms with E-state index in [1.165, 1.54) is 30.7 Å². The fraction of sp³-hybridized carbons (Fsp3) is 0.667. The van der Waals surface area contributed by atoms with E-state index >= 15 is 0 Å². The molecule has 74 valence electrons. The van der Waals surface area contributed by atoms with Crippen molar-refractivity contribution in [3.63, 3.8) is 0 Å². The summed E-state index contributed by atoms with van der Waals surface area (Å²) in [6, 6.07) is 0.626. The van der Waals surface area contributed by atoms with E-state index in [9.17, 15) is 0 Å². The van der Waals surface area contributed by atoms with Gasteiger partial charge < -0.3 is 4.90 Å². The molecule has 0 saturated carbocycles. The molecule has 1 heteroatoms. The lowest BCUT2D eigenvalue weighted by atomic mass is 10.0. The van der Waals surface area contributed by atoms with Gasteiger partial charge in [0.25, 0.3) is 0 Å². The van der Waals surface area contributed by atoms with Crippen LogP contribution in [-0.2, 0) is 0 Å². The lowest BCUT2D eigenvalue weighted by molar-refractivity contribution is 0.271. The Labute approximate surface area is 82.1 Å². The van der Waals surface area contributed by atoms with Crippen LogP contribution in [0.5, 0.6) is 0 Å². The second kappa shape index (κ2) is 4.50. The summed E-state index contributed by atoms with van der Waals surface area (Å²) in [6.07, 6.45) is 6.96. The highest BCUT2D eigenvalue weighted by atomic mass is 15.2. The Morgan fingerprint density at radius 2 is 2.08 bits per heavy atom. The largest absolute Gasteiger partial charge is 0.369 e. The minimum Gasteiger partial charge on any atom is -0.369 e. The third kappa shape index (κ3) is 2.36. The summed E-state index contributed by atoms with van der Waals surface area (Å²) in [5.41, 5.74) is 2.99. The first-order valence-corrected chi connectivity index (χ1v) is 5.26. The Kier molecular flexibility index (Phi) is 3.58. The molecule has 0 aromatic rings. The highest BCUT2D eigenvalue weighted by Crippen LogP contribution is 2.24. The maximum Gasteiger partial charge on any atom is 0.0354 e. The molecule has 1 heterocycles. The monoisotopic (exact) mass is 179 g/mol. The molecule has 0 spiro atoms. The number of allylic oxidation sites excluding steroid dienone is 3. The molecular formula is C12H21N. The quantitative estimate of drug-likeness (QED) is 0.628. The van der Waals surface area contributed by atoms with Gasteiger partial charge in [-0.3, -0.25) is 0 Å². The maximum absolute atomic E-state index is 2.50. The zero-order chi connectivity index (χ0) is 9.84. The Hall–Kier alpha value is -0.720. The summed E-state index contributed by atoms with van der Waals surface area (Å²) in [4.78, 5) is 2.50. The predicted molar refractivity (Wildman–Crippen MR) is 58.6 cm³/mol. The summed E-state index contributed by atoms with van der Waals surface area (Å²) < 4.78 is 0. The van der Waals surface area contributed by atoms with E-state index in [4.69, 9.17) is 0 Å². The molecule has 1 nitrogen and oxygen atoms in total. The van der Waals surface area contributed by atoms with Crippen LogP contribution in [0.2, 0.25) is 0 Å². The van der Waals surface area contributed by atoms with Crippen molar-refractivity contribution in [2.24, 2.45) is 0 Å². The van der Waals surface area contributed by atoms with E-state index < -0.39 is 0 Å². The average Bonchev–Trinajstić information content (AvgIpc) is 2.08. The van der Waals surface area contributed by atoms with E-state index in [1.807, 2.05) is 0 Å².